The van der Waals surface area contributed by atoms with Gasteiger partial charge in [0.15, 0.2) is 0 Å². The van der Waals surface area contributed by atoms with Crippen LogP contribution in [0.4, 0.5) is 5.82 Å². The molecule has 0 unspecified atom stereocenters. The second-order valence-electron chi connectivity index (χ2n) is 6.21. The van der Waals surface area contributed by atoms with Crippen molar-refractivity contribution in [2.45, 2.75) is 19.4 Å². The van der Waals surface area contributed by atoms with E-state index in [1.807, 2.05) is 25.1 Å². The van der Waals surface area contributed by atoms with E-state index >= 15 is 0 Å². The van der Waals surface area contributed by atoms with Crippen molar-refractivity contribution >= 4 is 34.6 Å². The monoisotopic (exact) mass is 377 g/mol. The third kappa shape index (κ3) is 3.92. The SMILES string of the molecule is C[C@@H](Nc1c(C2=CCNCC2)ccc(=O)n1C)c1ccc(Cl)cc1Cl. The molecular formula is C19H21Cl2N3O. The number of halogens is 2. The summed E-state index contributed by atoms with van der Waals surface area (Å²) in [5.41, 5.74) is 3.19. The number of nitrogens with zero attached hydrogens (tertiary/aromatic N) is 1. The first-order valence-electron chi connectivity index (χ1n) is 8.29. The molecule has 6 heteroatoms. The number of nitrogens with one attached hydrogen (secondary N) is 2. The molecule has 1 atom stereocenters. The standard InChI is InChI=1S/C19H21Cl2N3O/c1-12(15-4-3-14(20)11-17(15)21)23-19-16(5-6-18(25)24(19)2)13-7-9-22-10-8-13/h3-7,11-12,22-23H,8-10H2,1-2H3/t12-/m1/s1. The Labute approximate surface area is 157 Å². The first-order valence-corrected chi connectivity index (χ1v) is 9.04. The van der Waals surface area contributed by atoms with Gasteiger partial charge in [-0.3, -0.25) is 9.36 Å². The van der Waals surface area contributed by atoms with E-state index in [9.17, 15) is 4.79 Å². The van der Waals surface area contributed by atoms with Gasteiger partial charge in [0.05, 0.1) is 6.04 Å². The van der Waals surface area contributed by atoms with Crippen molar-refractivity contribution in [2.75, 3.05) is 18.4 Å². The molecule has 2 heterocycles. The molecule has 1 aliphatic rings. The van der Waals surface area contributed by atoms with Gasteiger partial charge in [0.2, 0.25) is 0 Å². The van der Waals surface area contributed by atoms with Crippen LogP contribution in [0.25, 0.3) is 5.57 Å². The number of benzene rings is 1. The molecule has 0 fully saturated rings. The molecule has 2 aromatic rings. The van der Waals surface area contributed by atoms with Gasteiger partial charge >= 0.3 is 0 Å². The molecule has 0 spiro atoms. The normalized spacial score (nSPS) is 15.6. The van der Waals surface area contributed by atoms with Crippen LogP contribution in [-0.2, 0) is 7.05 Å². The minimum atomic E-state index is -0.0705. The van der Waals surface area contributed by atoms with Gasteiger partial charge < -0.3 is 10.6 Å². The summed E-state index contributed by atoms with van der Waals surface area (Å²) in [7, 11) is 1.78. The van der Waals surface area contributed by atoms with Crippen molar-refractivity contribution in [1.82, 2.24) is 9.88 Å². The number of anilines is 1. The highest BCUT2D eigenvalue weighted by atomic mass is 35.5. The van der Waals surface area contributed by atoms with E-state index in [1.54, 1.807) is 23.7 Å². The average Bonchev–Trinajstić information content (AvgIpc) is 2.60. The summed E-state index contributed by atoms with van der Waals surface area (Å²) >= 11 is 12.3. The Morgan fingerprint density at radius 1 is 1.24 bits per heavy atom. The van der Waals surface area contributed by atoms with E-state index in [2.05, 4.69) is 16.7 Å². The molecule has 0 amide bonds. The van der Waals surface area contributed by atoms with Crippen molar-refractivity contribution in [3.8, 4) is 0 Å². The third-order valence-corrected chi connectivity index (χ3v) is 5.07. The highest BCUT2D eigenvalue weighted by Crippen LogP contribution is 2.31. The van der Waals surface area contributed by atoms with Gasteiger partial charge in [-0.15, -0.1) is 0 Å². The highest BCUT2D eigenvalue weighted by Gasteiger charge is 2.17. The smallest absolute Gasteiger partial charge is 0.251 e. The first kappa shape index (κ1) is 18.1. The molecular weight excluding hydrogens is 357 g/mol. The second kappa shape index (κ2) is 7.65. The number of hydrogen-bond donors (Lipinski definition) is 2. The van der Waals surface area contributed by atoms with E-state index in [4.69, 9.17) is 23.2 Å². The number of rotatable bonds is 4. The van der Waals surface area contributed by atoms with E-state index in [0.29, 0.717) is 10.0 Å². The van der Waals surface area contributed by atoms with Crippen molar-refractivity contribution in [3.63, 3.8) is 0 Å². The zero-order chi connectivity index (χ0) is 18.0. The molecule has 1 aromatic heterocycles. The van der Waals surface area contributed by atoms with Crippen LogP contribution in [-0.4, -0.2) is 17.7 Å². The maximum absolute atomic E-state index is 12.2. The van der Waals surface area contributed by atoms with E-state index in [1.165, 1.54) is 5.57 Å². The predicted molar refractivity (Wildman–Crippen MR) is 106 cm³/mol. The third-order valence-electron chi connectivity index (χ3n) is 4.51. The molecule has 4 nitrogen and oxygen atoms in total. The van der Waals surface area contributed by atoms with Crippen LogP contribution >= 0.6 is 23.2 Å². The average molecular weight is 378 g/mol. The molecule has 0 bridgehead atoms. The summed E-state index contributed by atoms with van der Waals surface area (Å²) in [5.74, 6) is 0.805. The van der Waals surface area contributed by atoms with Crippen LogP contribution in [0.15, 0.2) is 41.2 Å². The Balaban J connectivity index is 1.99. The van der Waals surface area contributed by atoms with Gasteiger partial charge in [-0.1, -0.05) is 35.3 Å². The molecule has 25 heavy (non-hydrogen) atoms. The Bertz CT molecular complexity index is 873. The summed E-state index contributed by atoms with van der Waals surface area (Å²) in [5, 5.41) is 7.99. The van der Waals surface area contributed by atoms with Crippen molar-refractivity contribution < 1.29 is 0 Å². The van der Waals surface area contributed by atoms with Gasteiger partial charge in [0, 0.05) is 35.3 Å². The number of aromatic nitrogens is 1. The van der Waals surface area contributed by atoms with Gasteiger partial charge in [-0.25, -0.2) is 0 Å². The molecule has 0 radical (unpaired) electrons. The van der Waals surface area contributed by atoms with Crippen molar-refractivity contribution in [2.24, 2.45) is 7.05 Å². The maximum atomic E-state index is 12.2. The largest absolute Gasteiger partial charge is 0.364 e. The molecule has 1 aromatic carbocycles. The van der Waals surface area contributed by atoms with Gasteiger partial charge in [-0.05, 0) is 49.2 Å². The molecule has 0 saturated heterocycles. The second-order valence-corrected chi connectivity index (χ2v) is 7.05. The van der Waals surface area contributed by atoms with Gasteiger partial charge in [-0.2, -0.15) is 0 Å². The summed E-state index contributed by atoms with van der Waals surface area (Å²) < 4.78 is 1.65. The first-order chi connectivity index (χ1) is 12.0. The Hall–Kier alpha value is -1.75. The van der Waals surface area contributed by atoms with Crippen LogP contribution in [0.2, 0.25) is 10.0 Å². The van der Waals surface area contributed by atoms with Gasteiger partial charge in [0.25, 0.3) is 5.56 Å². The summed E-state index contributed by atoms with van der Waals surface area (Å²) in [6.45, 7) is 3.80. The Morgan fingerprint density at radius 2 is 2.04 bits per heavy atom. The topological polar surface area (TPSA) is 46.1 Å². The fourth-order valence-corrected chi connectivity index (χ4v) is 3.64. The van der Waals surface area contributed by atoms with E-state index in [0.717, 1.165) is 36.5 Å². The van der Waals surface area contributed by atoms with E-state index < -0.39 is 0 Å². The molecule has 3 rings (SSSR count). The lowest BCUT2D eigenvalue weighted by Gasteiger charge is -2.24. The molecule has 2 N–H and O–H groups in total. The van der Waals surface area contributed by atoms with Crippen LogP contribution < -0.4 is 16.2 Å². The Morgan fingerprint density at radius 3 is 2.72 bits per heavy atom. The van der Waals surface area contributed by atoms with Crippen molar-refractivity contribution in [1.29, 1.82) is 0 Å². The Kier molecular flexibility index (Phi) is 5.52. The maximum Gasteiger partial charge on any atom is 0.251 e. The summed E-state index contributed by atoms with van der Waals surface area (Å²) in [6.07, 6.45) is 3.11. The van der Waals surface area contributed by atoms with E-state index in [-0.39, 0.29) is 11.6 Å². The fraction of sp³-hybridized carbons (Fsp3) is 0.316. The van der Waals surface area contributed by atoms with Crippen LogP contribution in [0.5, 0.6) is 0 Å². The molecule has 0 aliphatic carbocycles. The molecule has 132 valence electrons. The lowest BCUT2D eigenvalue weighted by molar-refractivity contribution is 0.736. The molecule has 1 aliphatic heterocycles. The molecule has 0 saturated carbocycles. The minimum Gasteiger partial charge on any atom is -0.364 e. The quantitative estimate of drug-likeness (QED) is 0.837. The van der Waals surface area contributed by atoms with Crippen LogP contribution in [0, 0.1) is 0 Å². The van der Waals surface area contributed by atoms with Gasteiger partial charge in [0.1, 0.15) is 5.82 Å². The fourth-order valence-electron chi connectivity index (χ4n) is 3.07. The predicted octanol–water partition coefficient (Wildman–Crippen LogP) is 4.24. The minimum absolute atomic E-state index is 0.0461. The zero-order valence-electron chi connectivity index (χ0n) is 14.3. The summed E-state index contributed by atoms with van der Waals surface area (Å²) in [4.78, 5) is 12.2. The lowest BCUT2D eigenvalue weighted by atomic mass is 10.00. The van der Waals surface area contributed by atoms with Crippen molar-refractivity contribution in [3.05, 3.63) is 67.9 Å². The lowest BCUT2D eigenvalue weighted by Crippen LogP contribution is -2.24. The summed E-state index contributed by atoms with van der Waals surface area (Å²) in [6, 6.07) is 8.91. The number of hydrogen-bond acceptors (Lipinski definition) is 3. The van der Waals surface area contributed by atoms with Crippen LogP contribution in [0.3, 0.4) is 0 Å². The zero-order valence-corrected chi connectivity index (χ0v) is 15.8. The van der Waals surface area contributed by atoms with Crippen LogP contribution in [0.1, 0.15) is 30.5 Å². The highest BCUT2D eigenvalue weighted by molar-refractivity contribution is 6.35. The number of pyridine rings is 1.